The summed E-state index contributed by atoms with van der Waals surface area (Å²) in [5.41, 5.74) is 1.39. The number of hydrogen-bond acceptors (Lipinski definition) is 3. The van der Waals surface area contributed by atoms with Gasteiger partial charge in [-0.15, -0.1) is 0 Å². The lowest BCUT2D eigenvalue weighted by Crippen LogP contribution is -2.43. The first kappa shape index (κ1) is 14.7. The van der Waals surface area contributed by atoms with Crippen molar-refractivity contribution in [2.75, 3.05) is 6.54 Å². The van der Waals surface area contributed by atoms with Crippen LogP contribution in [0.15, 0.2) is 41.0 Å². The third-order valence-corrected chi connectivity index (χ3v) is 4.44. The largest absolute Gasteiger partial charge is 0.508 e. The summed E-state index contributed by atoms with van der Waals surface area (Å²) in [7, 11) is 0. The third-order valence-electron chi connectivity index (χ3n) is 4.44. The highest BCUT2D eigenvalue weighted by atomic mass is 16.3. The van der Waals surface area contributed by atoms with Crippen LogP contribution in [-0.4, -0.2) is 22.5 Å². The van der Waals surface area contributed by atoms with Gasteiger partial charge in [-0.3, -0.25) is 4.79 Å². The van der Waals surface area contributed by atoms with E-state index in [0.29, 0.717) is 6.54 Å². The first-order valence-corrected chi connectivity index (χ1v) is 7.62. The van der Waals surface area contributed by atoms with Crippen LogP contribution in [0.1, 0.15) is 37.2 Å². The summed E-state index contributed by atoms with van der Waals surface area (Å²) in [5.74, 6) is 1.31. The second-order valence-electron chi connectivity index (χ2n) is 6.37. The summed E-state index contributed by atoms with van der Waals surface area (Å²) in [5, 5.41) is 9.43. The summed E-state index contributed by atoms with van der Waals surface area (Å²) in [6.07, 6.45) is 3.49. The Bertz CT molecular complexity index is 670. The fourth-order valence-corrected chi connectivity index (χ4v) is 3.01. The normalized spacial score (nSPS) is 15.3. The van der Waals surface area contributed by atoms with Gasteiger partial charge in [0.2, 0.25) is 5.91 Å². The highest BCUT2D eigenvalue weighted by Crippen LogP contribution is 2.29. The van der Waals surface area contributed by atoms with Crippen molar-refractivity contribution in [3.8, 4) is 5.75 Å². The van der Waals surface area contributed by atoms with E-state index >= 15 is 0 Å². The zero-order valence-electron chi connectivity index (χ0n) is 13.0. The minimum atomic E-state index is -0.623. The lowest BCUT2D eigenvalue weighted by molar-refractivity contribution is -0.136. The molecule has 1 aromatic carbocycles. The molecule has 3 rings (SSSR count). The van der Waals surface area contributed by atoms with Crippen LogP contribution in [0.5, 0.6) is 5.75 Å². The van der Waals surface area contributed by atoms with Gasteiger partial charge in [-0.1, -0.05) is 12.1 Å². The maximum absolute atomic E-state index is 13.0. The standard InChI is InChI=1S/C18H21NO3/c1-18(2,14-5-7-15(20)8-6-14)17(21)19-10-3-4-16-13(12-19)9-11-22-16/h5-9,11,20H,3-4,10,12H2,1-2H3. The van der Waals surface area contributed by atoms with E-state index in [2.05, 4.69) is 0 Å². The molecule has 0 fully saturated rings. The number of carbonyl (C=O) groups excluding carboxylic acids is 1. The third kappa shape index (κ3) is 2.61. The first-order valence-electron chi connectivity index (χ1n) is 7.62. The van der Waals surface area contributed by atoms with Gasteiger partial charge in [-0.2, -0.15) is 0 Å². The zero-order chi connectivity index (χ0) is 15.7. The molecule has 1 amide bonds. The number of furan rings is 1. The molecule has 1 aromatic heterocycles. The van der Waals surface area contributed by atoms with E-state index in [9.17, 15) is 9.90 Å². The van der Waals surface area contributed by atoms with Crippen LogP contribution in [-0.2, 0) is 23.2 Å². The van der Waals surface area contributed by atoms with Crippen LogP contribution >= 0.6 is 0 Å². The van der Waals surface area contributed by atoms with Crippen molar-refractivity contribution in [2.24, 2.45) is 0 Å². The van der Waals surface area contributed by atoms with Gasteiger partial charge < -0.3 is 14.4 Å². The van der Waals surface area contributed by atoms with E-state index < -0.39 is 5.41 Å². The molecular weight excluding hydrogens is 278 g/mol. The van der Waals surface area contributed by atoms with Crippen LogP contribution in [0, 0.1) is 0 Å². The molecule has 1 aliphatic rings. The molecule has 0 aliphatic carbocycles. The highest BCUT2D eigenvalue weighted by molar-refractivity contribution is 5.87. The Balaban J connectivity index is 1.84. The van der Waals surface area contributed by atoms with E-state index in [1.54, 1.807) is 18.4 Å². The van der Waals surface area contributed by atoms with Crippen molar-refractivity contribution in [3.05, 3.63) is 53.5 Å². The number of hydrogen-bond donors (Lipinski definition) is 1. The van der Waals surface area contributed by atoms with Gasteiger partial charge in [-0.25, -0.2) is 0 Å². The molecule has 1 aliphatic heterocycles. The number of benzene rings is 1. The molecule has 0 radical (unpaired) electrons. The topological polar surface area (TPSA) is 53.7 Å². The Morgan fingerprint density at radius 1 is 1.23 bits per heavy atom. The van der Waals surface area contributed by atoms with E-state index in [-0.39, 0.29) is 11.7 Å². The summed E-state index contributed by atoms with van der Waals surface area (Å²) in [6, 6.07) is 8.83. The number of phenols is 1. The van der Waals surface area contributed by atoms with Crippen molar-refractivity contribution in [1.29, 1.82) is 0 Å². The number of amides is 1. The number of nitrogens with zero attached hydrogens (tertiary/aromatic N) is 1. The van der Waals surface area contributed by atoms with E-state index in [1.807, 2.05) is 36.9 Å². The van der Waals surface area contributed by atoms with Crippen molar-refractivity contribution >= 4 is 5.91 Å². The van der Waals surface area contributed by atoms with Crippen molar-refractivity contribution in [3.63, 3.8) is 0 Å². The molecule has 0 atom stereocenters. The van der Waals surface area contributed by atoms with Gasteiger partial charge in [0.05, 0.1) is 11.7 Å². The number of carbonyl (C=O) groups is 1. The minimum absolute atomic E-state index is 0.104. The SMILES string of the molecule is CC(C)(C(=O)N1CCCc2occc2C1)c1ccc(O)cc1. The number of fused-ring (bicyclic) bond motifs is 1. The predicted octanol–water partition coefficient (Wildman–Crippen LogP) is 3.24. The molecule has 0 bridgehead atoms. The number of aryl methyl sites for hydroxylation is 1. The van der Waals surface area contributed by atoms with Crippen molar-refractivity contribution in [2.45, 2.75) is 38.6 Å². The van der Waals surface area contributed by atoms with Gasteiger partial charge in [-0.05, 0) is 44.0 Å². The summed E-state index contributed by atoms with van der Waals surface area (Å²) in [6.45, 7) is 5.21. The molecule has 4 nitrogen and oxygen atoms in total. The molecule has 116 valence electrons. The first-order chi connectivity index (χ1) is 10.5. The lowest BCUT2D eigenvalue weighted by Gasteiger charge is -2.31. The van der Waals surface area contributed by atoms with E-state index in [0.717, 1.165) is 36.3 Å². The molecule has 0 saturated carbocycles. The summed E-state index contributed by atoms with van der Waals surface area (Å²) in [4.78, 5) is 14.9. The smallest absolute Gasteiger partial charge is 0.232 e. The molecule has 2 heterocycles. The molecular formula is C18H21NO3. The van der Waals surface area contributed by atoms with Crippen LogP contribution in [0.4, 0.5) is 0 Å². The van der Waals surface area contributed by atoms with Gasteiger partial charge in [0.1, 0.15) is 11.5 Å². The molecule has 0 spiro atoms. The Kier molecular flexibility index (Phi) is 3.69. The summed E-state index contributed by atoms with van der Waals surface area (Å²) >= 11 is 0. The van der Waals surface area contributed by atoms with Crippen molar-refractivity contribution < 1.29 is 14.3 Å². The maximum Gasteiger partial charge on any atom is 0.232 e. The van der Waals surface area contributed by atoms with Crippen LogP contribution in [0.25, 0.3) is 0 Å². The van der Waals surface area contributed by atoms with Gasteiger partial charge in [0.15, 0.2) is 0 Å². The van der Waals surface area contributed by atoms with Crippen LogP contribution < -0.4 is 0 Å². The lowest BCUT2D eigenvalue weighted by atomic mass is 9.83. The number of rotatable bonds is 2. The second-order valence-corrected chi connectivity index (χ2v) is 6.37. The molecule has 0 saturated heterocycles. The summed E-state index contributed by atoms with van der Waals surface area (Å²) < 4.78 is 5.48. The minimum Gasteiger partial charge on any atom is -0.508 e. The monoisotopic (exact) mass is 299 g/mol. The average Bonchev–Trinajstić information content (AvgIpc) is 2.84. The average molecular weight is 299 g/mol. The maximum atomic E-state index is 13.0. The Morgan fingerprint density at radius 2 is 1.95 bits per heavy atom. The molecule has 22 heavy (non-hydrogen) atoms. The Labute approximate surface area is 130 Å². The number of aromatic hydroxyl groups is 1. The van der Waals surface area contributed by atoms with Gasteiger partial charge in [0, 0.05) is 25.1 Å². The highest BCUT2D eigenvalue weighted by Gasteiger charge is 2.34. The molecule has 1 N–H and O–H groups in total. The molecule has 4 heteroatoms. The molecule has 2 aromatic rings. The zero-order valence-corrected chi connectivity index (χ0v) is 13.0. The second kappa shape index (κ2) is 5.52. The predicted molar refractivity (Wildman–Crippen MR) is 83.6 cm³/mol. The quantitative estimate of drug-likeness (QED) is 0.926. The fourth-order valence-electron chi connectivity index (χ4n) is 3.01. The Hall–Kier alpha value is -2.23. The fraction of sp³-hybridized carbons (Fsp3) is 0.389. The van der Waals surface area contributed by atoms with Gasteiger partial charge in [0.25, 0.3) is 0 Å². The van der Waals surface area contributed by atoms with Crippen LogP contribution in [0.3, 0.4) is 0 Å². The Morgan fingerprint density at radius 3 is 2.68 bits per heavy atom. The van der Waals surface area contributed by atoms with Crippen molar-refractivity contribution in [1.82, 2.24) is 4.90 Å². The van der Waals surface area contributed by atoms with E-state index in [1.165, 1.54) is 0 Å². The van der Waals surface area contributed by atoms with Gasteiger partial charge >= 0.3 is 0 Å². The number of phenolic OH excluding ortho intramolecular Hbond substituents is 1. The molecule has 0 unspecified atom stereocenters. The van der Waals surface area contributed by atoms with Crippen LogP contribution in [0.2, 0.25) is 0 Å². The van der Waals surface area contributed by atoms with E-state index in [4.69, 9.17) is 4.42 Å².